The SMILES string of the molecule is CC=C1CC2CCC(C1)N2c1cc(C(F)(F)F)ncn1. The Morgan fingerprint density at radius 3 is 2.40 bits per heavy atom. The van der Waals surface area contributed by atoms with E-state index in [4.69, 9.17) is 0 Å². The minimum Gasteiger partial charge on any atom is -0.350 e. The zero-order chi connectivity index (χ0) is 14.3. The van der Waals surface area contributed by atoms with Crippen LogP contribution in [0.1, 0.15) is 38.3 Å². The summed E-state index contributed by atoms with van der Waals surface area (Å²) in [6.07, 6.45) is 2.63. The summed E-state index contributed by atoms with van der Waals surface area (Å²) in [5.41, 5.74) is 0.539. The summed E-state index contributed by atoms with van der Waals surface area (Å²) in [5, 5.41) is 0. The van der Waals surface area contributed by atoms with Gasteiger partial charge in [-0.3, -0.25) is 0 Å². The second-order valence-electron chi connectivity index (χ2n) is 5.41. The van der Waals surface area contributed by atoms with Crippen molar-refractivity contribution in [2.75, 3.05) is 4.90 Å². The van der Waals surface area contributed by atoms with E-state index in [1.54, 1.807) is 0 Å². The van der Waals surface area contributed by atoms with Gasteiger partial charge in [-0.2, -0.15) is 13.2 Å². The Labute approximate surface area is 115 Å². The zero-order valence-corrected chi connectivity index (χ0v) is 11.2. The van der Waals surface area contributed by atoms with Gasteiger partial charge in [-0.1, -0.05) is 11.6 Å². The minimum atomic E-state index is -4.42. The summed E-state index contributed by atoms with van der Waals surface area (Å²) in [7, 11) is 0. The Balaban J connectivity index is 1.91. The quantitative estimate of drug-likeness (QED) is 0.738. The monoisotopic (exact) mass is 283 g/mol. The smallest absolute Gasteiger partial charge is 0.350 e. The molecule has 0 spiro atoms. The highest BCUT2D eigenvalue weighted by atomic mass is 19.4. The van der Waals surface area contributed by atoms with Gasteiger partial charge in [0.05, 0.1) is 0 Å². The Kier molecular flexibility index (Phi) is 3.18. The molecule has 2 unspecified atom stereocenters. The predicted molar refractivity (Wildman–Crippen MR) is 69.3 cm³/mol. The van der Waals surface area contributed by atoms with E-state index in [-0.39, 0.29) is 12.1 Å². The Bertz CT molecular complexity index is 523. The van der Waals surface area contributed by atoms with E-state index < -0.39 is 11.9 Å². The molecule has 0 amide bonds. The molecular weight excluding hydrogens is 267 g/mol. The fourth-order valence-electron chi connectivity index (χ4n) is 3.30. The van der Waals surface area contributed by atoms with Crippen molar-refractivity contribution in [2.45, 2.75) is 50.9 Å². The normalized spacial score (nSPS) is 26.0. The average Bonchev–Trinajstić information content (AvgIpc) is 2.68. The second-order valence-corrected chi connectivity index (χ2v) is 5.41. The highest BCUT2D eigenvalue weighted by molar-refractivity contribution is 5.46. The van der Waals surface area contributed by atoms with Gasteiger partial charge in [0.2, 0.25) is 0 Å². The Hall–Kier alpha value is -1.59. The third-order valence-corrected chi connectivity index (χ3v) is 4.23. The number of halogens is 3. The van der Waals surface area contributed by atoms with Crippen molar-refractivity contribution >= 4 is 5.82 Å². The molecule has 3 rings (SSSR count). The number of anilines is 1. The third-order valence-electron chi connectivity index (χ3n) is 4.23. The van der Waals surface area contributed by atoms with E-state index >= 15 is 0 Å². The molecule has 0 aliphatic carbocycles. The number of aromatic nitrogens is 2. The van der Waals surface area contributed by atoms with Crippen LogP contribution in [0.15, 0.2) is 24.0 Å². The summed E-state index contributed by atoms with van der Waals surface area (Å²) in [6.45, 7) is 2.02. The van der Waals surface area contributed by atoms with Crippen LogP contribution in [0.4, 0.5) is 19.0 Å². The molecule has 2 aliphatic heterocycles. The Morgan fingerprint density at radius 1 is 1.20 bits per heavy atom. The van der Waals surface area contributed by atoms with E-state index in [9.17, 15) is 13.2 Å². The van der Waals surface area contributed by atoms with Gasteiger partial charge in [-0.25, -0.2) is 9.97 Å². The maximum Gasteiger partial charge on any atom is 0.433 e. The van der Waals surface area contributed by atoms with E-state index in [1.807, 2.05) is 6.92 Å². The van der Waals surface area contributed by atoms with Gasteiger partial charge >= 0.3 is 6.18 Å². The number of hydrogen-bond donors (Lipinski definition) is 0. The molecule has 2 saturated heterocycles. The minimum absolute atomic E-state index is 0.274. The summed E-state index contributed by atoms with van der Waals surface area (Å²) < 4.78 is 38.2. The lowest BCUT2D eigenvalue weighted by molar-refractivity contribution is -0.141. The Morgan fingerprint density at radius 2 is 1.85 bits per heavy atom. The van der Waals surface area contributed by atoms with Crippen LogP contribution in [0.25, 0.3) is 0 Å². The molecule has 6 heteroatoms. The van der Waals surface area contributed by atoms with Crippen LogP contribution in [0.5, 0.6) is 0 Å². The molecule has 2 atom stereocenters. The van der Waals surface area contributed by atoms with Crippen LogP contribution in [0.2, 0.25) is 0 Å². The number of hydrogen-bond acceptors (Lipinski definition) is 3. The fraction of sp³-hybridized carbons (Fsp3) is 0.571. The molecule has 0 saturated carbocycles. The van der Waals surface area contributed by atoms with Crippen molar-refractivity contribution in [1.82, 2.24) is 9.97 Å². The zero-order valence-electron chi connectivity index (χ0n) is 11.2. The maximum absolute atomic E-state index is 12.7. The number of nitrogens with zero attached hydrogens (tertiary/aromatic N) is 3. The molecular formula is C14H16F3N3. The lowest BCUT2D eigenvalue weighted by Gasteiger charge is -2.37. The molecule has 2 aliphatic rings. The topological polar surface area (TPSA) is 29.0 Å². The molecule has 0 radical (unpaired) electrons. The summed E-state index contributed by atoms with van der Waals surface area (Å²) in [4.78, 5) is 9.46. The largest absolute Gasteiger partial charge is 0.433 e. The van der Waals surface area contributed by atoms with Gasteiger partial charge in [-0.05, 0) is 32.6 Å². The van der Waals surface area contributed by atoms with E-state index in [2.05, 4.69) is 20.9 Å². The molecule has 1 aromatic heterocycles. The summed E-state index contributed by atoms with van der Waals surface area (Å²) >= 11 is 0. The average molecular weight is 283 g/mol. The number of allylic oxidation sites excluding steroid dienone is 1. The third kappa shape index (κ3) is 2.27. The van der Waals surface area contributed by atoms with Crippen LogP contribution in [-0.4, -0.2) is 22.1 Å². The molecule has 0 N–H and O–H groups in total. The first-order valence-corrected chi connectivity index (χ1v) is 6.80. The molecule has 0 aromatic carbocycles. The lowest BCUT2D eigenvalue weighted by Crippen LogP contribution is -2.41. The van der Waals surface area contributed by atoms with Gasteiger partial charge in [-0.15, -0.1) is 0 Å². The summed E-state index contributed by atoms with van der Waals surface area (Å²) in [5.74, 6) is 0.412. The highest BCUT2D eigenvalue weighted by Gasteiger charge is 2.40. The first-order chi connectivity index (χ1) is 9.49. The first-order valence-electron chi connectivity index (χ1n) is 6.80. The molecule has 20 heavy (non-hydrogen) atoms. The van der Waals surface area contributed by atoms with Crippen LogP contribution in [-0.2, 0) is 6.18 Å². The van der Waals surface area contributed by atoms with Crippen LogP contribution in [0.3, 0.4) is 0 Å². The van der Waals surface area contributed by atoms with E-state index in [0.717, 1.165) is 38.1 Å². The molecule has 1 aromatic rings. The van der Waals surface area contributed by atoms with E-state index in [0.29, 0.717) is 5.82 Å². The van der Waals surface area contributed by atoms with Gasteiger partial charge in [0.15, 0.2) is 0 Å². The number of alkyl halides is 3. The number of fused-ring (bicyclic) bond motifs is 2. The fourth-order valence-corrected chi connectivity index (χ4v) is 3.30. The number of piperidine rings is 1. The van der Waals surface area contributed by atoms with Gasteiger partial charge in [0.25, 0.3) is 0 Å². The lowest BCUT2D eigenvalue weighted by atomic mass is 9.96. The van der Waals surface area contributed by atoms with Gasteiger partial charge in [0, 0.05) is 18.2 Å². The van der Waals surface area contributed by atoms with Gasteiger partial charge in [0.1, 0.15) is 17.8 Å². The van der Waals surface area contributed by atoms with Crippen LogP contribution >= 0.6 is 0 Å². The first kappa shape index (κ1) is 13.4. The molecule has 2 bridgehead atoms. The van der Waals surface area contributed by atoms with Crippen molar-refractivity contribution in [3.63, 3.8) is 0 Å². The van der Waals surface area contributed by atoms with Crippen molar-refractivity contribution in [1.29, 1.82) is 0 Å². The van der Waals surface area contributed by atoms with Crippen LogP contribution in [0, 0.1) is 0 Å². The van der Waals surface area contributed by atoms with Crippen molar-refractivity contribution in [3.05, 3.63) is 29.7 Å². The maximum atomic E-state index is 12.7. The van der Waals surface area contributed by atoms with Gasteiger partial charge < -0.3 is 4.90 Å². The second kappa shape index (κ2) is 4.75. The van der Waals surface area contributed by atoms with Crippen molar-refractivity contribution in [2.24, 2.45) is 0 Å². The summed E-state index contributed by atoms with van der Waals surface area (Å²) in [6, 6.07) is 1.62. The van der Waals surface area contributed by atoms with Crippen molar-refractivity contribution < 1.29 is 13.2 Å². The number of rotatable bonds is 1. The standard InChI is InChI=1S/C14H16F3N3/c1-2-9-5-10-3-4-11(6-9)20(10)13-7-12(14(15,16)17)18-8-19-13/h2,7-8,10-11H,3-6H2,1H3. The van der Waals surface area contributed by atoms with E-state index in [1.165, 1.54) is 5.57 Å². The van der Waals surface area contributed by atoms with Crippen molar-refractivity contribution in [3.8, 4) is 0 Å². The molecule has 3 nitrogen and oxygen atoms in total. The molecule has 3 heterocycles. The predicted octanol–water partition coefficient (Wildman–Crippen LogP) is 3.57. The molecule has 108 valence electrons. The molecule has 2 fully saturated rings. The van der Waals surface area contributed by atoms with Crippen LogP contribution < -0.4 is 4.90 Å². The highest BCUT2D eigenvalue weighted by Crippen LogP contribution is 2.41.